The van der Waals surface area contributed by atoms with Gasteiger partial charge in [0.2, 0.25) is 0 Å². The van der Waals surface area contributed by atoms with Crippen LogP contribution in [-0.2, 0) is 25.8 Å². The molecule has 2 rings (SSSR count). The second kappa shape index (κ2) is 5.83. The average molecular weight is 328 g/mol. The van der Waals surface area contributed by atoms with E-state index in [1.54, 1.807) is 18.2 Å². The second-order valence-electron chi connectivity index (χ2n) is 3.80. The van der Waals surface area contributed by atoms with Crippen LogP contribution in [-0.4, -0.2) is 23.0 Å². The molecule has 0 bridgehead atoms. The summed E-state index contributed by atoms with van der Waals surface area (Å²) >= 11 is 3.30. The Morgan fingerprint density at radius 3 is 2.47 bits per heavy atom. The molecule has 100 valence electrons. The summed E-state index contributed by atoms with van der Waals surface area (Å²) in [6, 6.07) is 7.19. The van der Waals surface area contributed by atoms with Gasteiger partial charge < -0.3 is 4.74 Å². The Balaban J connectivity index is 1.87. The topological polar surface area (TPSA) is 72.9 Å². The van der Waals surface area contributed by atoms with Gasteiger partial charge in [0.15, 0.2) is 0 Å². The first-order valence-corrected chi connectivity index (χ1v) is 6.31. The molecule has 0 atom stereocenters. The molecule has 1 saturated heterocycles. The van der Waals surface area contributed by atoms with Gasteiger partial charge in [-0.1, -0.05) is 39.2 Å². The molecule has 0 spiro atoms. The van der Waals surface area contributed by atoms with Gasteiger partial charge in [-0.25, -0.2) is 4.79 Å². The third-order valence-corrected chi connectivity index (χ3v) is 3.25. The predicted molar refractivity (Wildman–Crippen MR) is 66.5 cm³/mol. The van der Waals surface area contributed by atoms with Gasteiger partial charge in [-0.3, -0.25) is 14.4 Å². The second-order valence-corrected chi connectivity index (χ2v) is 4.66. The number of carbonyl (C=O) groups is 3. The molecular formula is C12H10BrNO5. The molecule has 1 aliphatic rings. The largest absolute Gasteiger partial charge is 0.534 e. The molecule has 1 aliphatic heterocycles. The Bertz CT molecular complexity index is 515. The normalized spacial score (nSPS) is 14.7. The van der Waals surface area contributed by atoms with Crippen molar-refractivity contribution in [2.24, 2.45) is 0 Å². The molecule has 1 aromatic rings. The lowest BCUT2D eigenvalue weighted by Crippen LogP contribution is -2.32. The van der Waals surface area contributed by atoms with Crippen molar-refractivity contribution in [2.75, 3.05) is 0 Å². The summed E-state index contributed by atoms with van der Waals surface area (Å²) in [4.78, 5) is 38.4. The molecular weight excluding hydrogens is 318 g/mol. The van der Waals surface area contributed by atoms with E-state index in [4.69, 9.17) is 4.74 Å². The molecule has 1 heterocycles. The van der Waals surface area contributed by atoms with Crippen molar-refractivity contribution in [1.82, 2.24) is 5.06 Å². The molecule has 1 aromatic carbocycles. The first kappa shape index (κ1) is 13.5. The fourth-order valence-electron chi connectivity index (χ4n) is 1.51. The van der Waals surface area contributed by atoms with Gasteiger partial charge in [0.05, 0.1) is 0 Å². The Morgan fingerprint density at radius 1 is 1.21 bits per heavy atom. The standard InChI is InChI=1S/C12H10BrNO5/c13-9-4-2-1-3-8(9)7-18-12(17)19-14-10(15)5-6-11(14)16/h1-4H,5-7H2. The molecule has 7 heteroatoms. The molecule has 0 aliphatic carbocycles. The first-order chi connectivity index (χ1) is 9.08. The van der Waals surface area contributed by atoms with Crippen LogP contribution in [0.25, 0.3) is 0 Å². The highest BCUT2D eigenvalue weighted by molar-refractivity contribution is 9.10. The van der Waals surface area contributed by atoms with Gasteiger partial charge in [0, 0.05) is 22.9 Å². The van der Waals surface area contributed by atoms with Crippen LogP contribution in [0, 0.1) is 0 Å². The SMILES string of the molecule is O=C(OCc1ccccc1Br)ON1C(=O)CCC1=O. The highest BCUT2D eigenvalue weighted by Gasteiger charge is 2.33. The molecule has 0 N–H and O–H groups in total. The van der Waals surface area contributed by atoms with Crippen molar-refractivity contribution in [3.05, 3.63) is 34.3 Å². The average Bonchev–Trinajstić information content (AvgIpc) is 2.70. The molecule has 19 heavy (non-hydrogen) atoms. The first-order valence-electron chi connectivity index (χ1n) is 5.52. The Morgan fingerprint density at radius 2 is 1.84 bits per heavy atom. The van der Waals surface area contributed by atoms with Crippen molar-refractivity contribution < 1.29 is 24.0 Å². The number of halogens is 1. The van der Waals surface area contributed by atoms with Crippen molar-refractivity contribution in [2.45, 2.75) is 19.4 Å². The highest BCUT2D eigenvalue weighted by Crippen LogP contribution is 2.17. The number of amides is 2. The van der Waals surface area contributed by atoms with Crippen LogP contribution in [0.3, 0.4) is 0 Å². The molecule has 2 amide bonds. The minimum atomic E-state index is -1.08. The number of rotatable bonds is 3. The number of hydrogen-bond donors (Lipinski definition) is 0. The number of carbonyl (C=O) groups excluding carboxylic acids is 3. The molecule has 0 aromatic heterocycles. The van der Waals surface area contributed by atoms with Crippen LogP contribution in [0.1, 0.15) is 18.4 Å². The van der Waals surface area contributed by atoms with E-state index in [9.17, 15) is 14.4 Å². The van der Waals surface area contributed by atoms with Crippen LogP contribution < -0.4 is 0 Å². The Kier molecular flexibility index (Phi) is 4.16. The number of imide groups is 1. The van der Waals surface area contributed by atoms with Crippen LogP contribution >= 0.6 is 15.9 Å². The lowest BCUT2D eigenvalue weighted by atomic mass is 10.2. The summed E-state index contributed by atoms with van der Waals surface area (Å²) in [5.41, 5.74) is 0.749. The molecule has 0 saturated carbocycles. The molecule has 0 radical (unpaired) electrons. The molecule has 1 fully saturated rings. The summed E-state index contributed by atoms with van der Waals surface area (Å²) in [5.74, 6) is -1.08. The van der Waals surface area contributed by atoms with Crippen LogP contribution in [0.15, 0.2) is 28.7 Å². The predicted octanol–water partition coefficient (Wildman–Crippen LogP) is 2.17. The summed E-state index contributed by atoms with van der Waals surface area (Å²) in [7, 11) is 0. The highest BCUT2D eigenvalue weighted by atomic mass is 79.9. The number of hydroxylamine groups is 2. The van der Waals surface area contributed by atoms with E-state index in [1.165, 1.54) is 0 Å². The Labute approximate surface area is 117 Å². The minimum Gasteiger partial charge on any atom is -0.428 e. The summed E-state index contributed by atoms with van der Waals surface area (Å²) < 4.78 is 5.62. The molecule has 0 unspecified atom stereocenters. The van der Waals surface area contributed by atoms with E-state index in [1.807, 2.05) is 6.07 Å². The van der Waals surface area contributed by atoms with Gasteiger partial charge >= 0.3 is 6.16 Å². The van der Waals surface area contributed by atoms with E-state index in [2.05, 4.69) is 20.8 Å². The number of nitrogens with zero attached hydrogens (tertiary/aromatic N) is 1. The number of ether oxygens (including phenoxy) is 1. The van der Waals surface area contributed by atoms with E-state index in [-0.39, 0.29) is 19.4 Å². The lowest BCUT2D eigenvalue weighted by Gasteiger charge is -2.12. The fourth-order valence-corrected chi connectivity index (χ4v) is 1.91. The van der Waals surface area contributed by atoms with Crippen LogP contribution in [0.5, 0.6) is 0 Å². The van der Waals surface area contributed by atoms with Gasteiger partial charge in [0.25, 0.3) is 11.8 Å². The number of hydrogen-bond acceptors (Lipinski definition) is 5. The summed E-state index contributed by atoms with van der Waals surface area (Å²) in [6.07, 6.45) is -0.980. The van der Waals surface area contributed by atoms with Crippen molar-refractivity contribution in [3.63, 3.8) is 0 Å². The van der Waals surface area contributed by atoms with Crippen molar-refractivity contribution >= 4 is 33.9 Å². The smallest absolute Gasteiger partial charge is 0.428 e. The quantitative estimate of drug-likeness (QED) is 0.628. The van der Waals surface area contributed by atoms with Crippen molar-refractivity contribution in [1.29, 1.82) is 0 Å². The van der Waals surface area contributed by atoms with Crippen LogP contribution in [0.4, 0.5) is 4.79 Å². The minimum absolute atomic E-state index is 0.0174. The van der Waals surface area contributed by atoms with Gasteiger partial charge in [0.1, 0.15) is 6.61 Å². The maximum atomic E-state index is 11.4. The van der Waals surface area contributed by atoms with Gasteiger partial charge in [-0.05, 0) is 6.07 Å². The fraction of sp³-hybridized carbons (Fsp3) is 0.250. The number of benzene rings is 1. The zero-order valence-corrected chi connectivity index (χ0v) is 11.4. The van der Waals surface area contributed by atoms with E-state index in [0.717, 1.165) is 10.0 Å². The van der Waals surface area contributed by atoms with E-state index in [0.29, 0.717) is 5.06 Å². The van der Waals surface area contributed by atoms with E-state index >= 15 is 0 Å². The third-order valence-electron chi connectivity index (χ3n) is 2.47. The maximum absolute atomic E-state index is 11.4. The van der Waals surface area contributed by atoms with Crippen molar-refractivity contribution in [3.8, 4) is 0 Å². The monoisotopic (exact) mass is 327 g/mol. The molecule has 6 nitrogen and oxygen atoms in total. The summed E-state index contributed by atoms with van der Waals surface area (Å²) in [5, 5.41) is 0.447. The summed E-state index contributed by atoms with van der Waals surface area (Å²) in [6.45, 7) is -0.0174. The van der Waals surface area contributed by atoms with Gasteiger partial charge in [-0.2, -0.15) is 0 Å². The maximum Gasteiger partial charge on any atom is 0.534 e. The Hall–Kier alpha value is -1.89. The van der Waals surface area contributed by atoms with Crippen LogP contribution in [0.2, 0.25) is 0 Å². The third kappa shape index (κ3) is 3.31. The van der Waals surface area contributed by atoms with E-state index < -0.39 is 18.0 Å². The zero-order valence-electron chi connectivity index (χ0n) is 9.80. The lowest BCUT2D eigenvalue weighted by molar-refractivity contribution is -0.177. The zero-order chi connectivity index (χ0) is 13.8. The van der Waals surface area contributed by atoms with Gasteiger partial charge in [-0.15, -0.1) is 0 Å².